The van der Waals surface area contributed by atoms with E-state index in [4.69, 9.17) is 0 Å². The van der Waals surface area contributed by atoms with E-state index >= 15 is 0 Å². The van der Waals surface area contributed by atoms with Gasteiger partial charge in [0.15, 0.2) is 18.9 Å². The van der Waals surface area contributed by atoms with Gasteiger partial charge in [-0.25, -0.2) is 4.57 Å². The van der Waals surface area contributed by atoms with Crippen molar-refractivity contribution >= 4 is 0 Å². The highest BCUT2D eigenvalue weighted by molar-refractivity contribution is 5.23. The van der Waals surface area contributed by atoms with E-state index in [9.17, 15) is 57.1 Å². The lowest BCUT2D eigenvalue weighted by molar-refractivity contribution is -0.700. The van der Waals surface area contributed by atoms with Gasteiger partial charge in [0.05, 0.1) is 6.42 Å². The Morgan fingerprint density at radius 1 is 0.529 bits per heavy atom. The molecule has 0 unspecified atom stereocenters. The maximum absolute atomic E-state index is 13.9. The van der Waals surface area contributed by atoms with E-state index in [0.29, 0.717) is 12.0 Å². The van der Waals surface area contributed by atoms with Gasteiger partial charge < -0.3 is 0 Å². The Balaban J connectivity index is 2.19. The number of aryl methyl sites for hydroxylation is 1. The molecule has 0 N–H and O–H groups in total. The Kier molecular flexibility index (Phi) is 7.26. The van der Waals surface area contributed by atoms with E-state index in [0.717, 1.165) is 22.5 Å². The molecule has 0 aliphatic carbocycles. The molecule has 0 amide bonds. The first-order valence-corrected chi connectivity index (χ1v) is 9.25. The van der Waals surface area contributed by atoms with E-state index in [1.807, 2.05) is 0 Å². The van der Waals surface area contributed by atoms with Gasteiger partial charge in [-0.1, -0.05) is 30.3 Å². The fraction of sp³-hybridized carbons (Fsp3) is 0.450. The predicted molar refractivity (Wildman–Crippen MR) is 91.3 cm³/mol. The van der Waals surface area contributed by atoms with Gasteiger partial charge in [0.2, 0.25) is 0 Å². The topological polar surface area (TPSA) is 3.88 Å². The summed E-state index contributed by atoms with van der Waals surface area (Å²) in [7, 11) is 0. The molecule has 0 bridgehead atoms. The van der Waals surface area contributed by atoms with Crippen molar-refractivity contribution in [1.82, 2.24) is 0 Å². The van der Waals surface area contributed by atoms with Crippen LogP contribution in [0.3, 0.4) is 0 Å². The third kappa shape index (κ3) is 4.81. The fourth-order valence-corrected chi connectivity index (χ4v) is 2.82. The van der Waals surface area contributed by atoms with Crippen LogP contribution in [0, 0.1) is 0 Å². The first-order valence-electron chi connectivity index (χ1n) is 9.25. The number of rotatable bonds is 9. The van der Waals surface area contributed by atoms with Crippen molar-refractivity contribution < 1.29 is 61.6 Å². The van der Waals surface area contributed by atoms with Crippen LogP contribution in [0.2, 0.25) is 0 Å². The second-order valence-electron chi connectivity index (χ2n) is 7.36. The molecule has 0 aliphatic rings. The SMILES string of the molecule is FC(F)(F)C(F)(F)C(F)(F)C(F)(F)C(F)(F)C(F)(F)CC[n+]1ccc(Cc2ccccc2)cc1. The van der Waals surface area contributed by atoms with Gasteiger partial charge >= 0.3 is 35.8 Å². The summed E-state index contributed by atoms with van der Waals surface area (Å²) in [5.74, 6) is -36.7. The molecule has 34 heavy (non-hydrogen) atoms. The van der Waals surface area contributed by atoms with Crippen molar-refractivity contribution in [2.75, 3.05) is 0 Å². The molecule has 190 valence electrons. The first-order chi connectivity index (χ1) is 15.3. The van der Waals surface area contributed by atoms with E-state index < -0.39 is 48.8 Å². The van der Waals surface area contributed by atoms with E-state index in [1.54, 1.807) is 30.3 Å². The number of aromatic nitrogens is 1. The van der Waals surface area contributed by atoms with Crippen LogP contribution in [-0.4, -0.2) is 35.8 Å². The molecule has 1 heterocycles. The van der Waals surface area contributed by atoms with Crippen LogP contribution in [0.15, 0.2) is 54.9 Å². The minimum atomic E-state index is -7.88. The molecule has 1 aromatic carbocycles. The Hall–Kier alpha value is -2.54. The maximum Gasteiger partial charge on any atom is 0.460 e. The quantitative estimate of drug-likeness (QED) is 0.258. The lowest BCUT2D eigenvalue weighted by Gasteiger charge is -2.39. The summed E-state index contributed by atoms with van der Waals surface area (Å²) in [5.41, 5.74) is 1.48. The Morgan fingerprint density at radius 3 is 1.44 bits per heavy atom. The van der Waals surface area contributed by atoms with Gasteiger partial charge in [-0.3, -0.25) is 0 Å². The van der Waals surface area contributed by atoms with Gasteiger partial charge in [-0.05, 0) is 17.5 Å². The van der Waals surface area contributed by atoms with E-state index in [1.165, 1.54) is 12.1 Å². The summed E-state index contributed by atoms with van der Waals surface area (Å²) in [4.78, 5) is 0. The average molecular weight is 516 g/mol. The molecular weight excluding hydrogens is 501 g/mol. The fourth-order valence-electron chi connectivity index (χ4n) is 2.82. The minimum Gasteiger partial charge on any atom is -0.205 e. The summed E-state index contributed by atoms with van der Waals surface area (Å²) in [6.07, 6.45) is -7.15. The lowest BCUT2D eigenvalue weighted by Crippen LogP contribution is -2.70. The molecule has 0 spiro atoms. The van der Waals surface area contributed by atoms with Crippen LogP contribution in [0.1, 0.15) is 17.5 Å². The highest BCUT2D eigenvalue weighted by Crippen LogP contribution is 2.60. The van der Waals surface area contributed by atoms with Crippen LogP contribution >= 0.6 is 0 Å². The Morgan fingerprint density at radius 2 is 0.971 bits per heavy atom. The highest BCUT2D eigenvalue weighted by atomic mass is 19.4. The van der Waals surface area contributed by atoms with Crippen molar-refractivity contribution in [3.63, 3.8) is 0 Å². The summed E-state index contributed by atoms with van der Waals surface area (Å²) in [5, 5.41) is 0. The van der Waals surface area contributed by atoms with E-state index in [-0.39, 0.29) is 0 Å². The summed E-state index contributed by atoms with van der Waals surface area (Å²) in [6.45, 7) is -1.18. The van der Waals surface area contributed by atoms with Crippen LogP contribution in [0.25, 0.3) is 0 Å². The zero-order chi connectivity index (χ0) is 26.2. The second-order valence-corrected chi connectivity index (χ2v) is 7.36. The molecule has 14 heteroatoms. The molecule has 0 fully saturated rings. The van der Waals surface area contributed by atoms with Gasteiger partial charge in [0, 0.05) is 12.1 Å². The van der Waals surface area contributed by atoms with Crippen molar-refractivity contribution in [3.8, 4) is 0 Å². The average Bonchev–Trinajstić information content (AvgIpc) is 2.72. The molecule has 0 atom stereocenters. The number of pyridine rings is 1. The van der Waals surface area contributed by atoms with Gasteiger partial charge in [-0.15, -0.1) is 0 Å². The van der Waals surface area contributed by atoms with Crippen LogP contribution in [0.5, 0.6) is 0 Å². The monoisotopic (exact) mass is 516 g/mol. The van der Waals surface area contributed by atoms with Crippen molar-refractivity contribution in [3.05, 3.63) is 66.0 Å². The van der Waals surface area contributed by atoms with Crippen LogP contribution in [0.4, 0.5) is 57.1 Å². The smallest absolute Gasteiger partial charge is 0.205 e. The van der Waals surface area contributed by atoms with Crippen molar-refractivity contribution in [2.24, 2.45) is 0 Å². The molecule has 1 aromatic heterocycles. The molecule has 1 nitrogen and oxygen atoms in total. The Bertz CT molecular complexity index is 951. The molecule has 0 saturated heterocycles. The van der Waals surface area contributed by atoms with Gasteiger partial charge in [0.25, 0.3) is 0 Å². The minimum absolute atomic E-state index is 0.380. The summed E-state index contributed by atoms with van der Waals surface area (Å²) < 4.78 is 171. The number of halogens is 13. The maximum atomic E-state index is 13.9. The molecular formula is C20H15F13N+. The number of alkyl halides is 13. The normalized spacial score (nSPS) is 14.4. The molecule has 2 aromatic rings. The molecule has 0 radical (unpaired) electrons. The standard InChI is InChI=1S/C20H15F13N/c21-15(22,16(23,24)17(25,26)18(27,28)19(29,30)20(31,32)33)8-11-34-9-6-14(7-10-34)12-13-4-2-1-3-5-13/h1-7,9-10H,8,11-12H2/q+1. The third-order valence-electron chi connectivity index (χ3n) is 4.89. The zero-order valence-electron chi connectivity index (χ0n) is 16.7. The number of benzene rings is 1. The zero-order valence-corrected chi connectivity index (χ0v) is 16.7. The Labute approximate surface area is 183 Å². The number of hydrogen-bond acceptors (Lipinski definition) is 0. The lowest BCUT2D eigenvalue weighted by atomic mass is 9.92. The summed E-state index contributed by atoms with van der Waals surface area (Å²) >= 11 is 0. The molecule has 0 aliphatic heterocycles. The highest BCUT2D eigenvalue weighted by Gasteiger charge is 2.90. The van der Waals surface area contributed by atoms with Gasteiger partial charge in [-0.2, -0.15) is 57.1 Å². The van der Waals surface area contributed by atoms with Gasteiger partial charge in [0.1, 0.15) is 0 Å². The predicted octanol–water partition coefficient (Wildman–Crippen LogP) is 6.69. The number of nitrogens with zero attached hydrogens (tertiary/aromatic N) is 1. The van der Waals surface area contributed by atoms with E-state index in [2.05, 4.69) is 0 Å². The van der Waals surface area contributed by atoms with Crippen molar-refractivity contribution in [1.29, 1.82) is 0 Å². The second kappa shape index (κ2) is 8.91. The van der Waals surface area contributed by atoms with Crippen LogP contribution in [-0.2, 0) is 13.0 Å². The number of hydrogen-bond donors (Lipinski definition) is 0. The third-order valence-corrected chi connectivity index (χ3v) is 4.89. The first kappa shape index (κ1) is 27.7. The molecule has 0 saturated carbocycles. The molecule has 2 rings (SSSR count). The van der Waals surface area contributed by atoms with Crippen LogP contribution < -0.4 is 4.57 Å². The summed E-state index contributed by atoms with van der Waals surface area (Å²) in [6, 6.07) is 11.5. The van der Waals surface area contributed by atoms with Crippen molar-refractivity contribution in [2.45, 2.75) is 55.2 Å². The largest absolute Gasteiger partial charge is 0.460 e.